The standard InChI is InChI=1S/C82H132NO8P/c1-6-8-10-12-14-16-18-20-22-24-26-28-30-32-34-36-37-38-39-40-41-42-43-44-45-47-48-50-52-54-56-58-60-62-64-66-68-70-72-74-81(84)88-78-80(79-90-92(86,87)89-77-76-83(3,4)5)91-82(85)75-73-71-69-67-65-63-61-59-57-55-53-51-49-46-35-33-31-29-27-25-23-21-19-17-15-13-11-9-7-2/h8-11,14-17,20-23,26-29,32-35,37-38,40-41,49,51,55,57,61,63,67,69,80H,6-7,12-13,18-19,24-25,30-31,36,39,42-48,50,52-54,56,58-60,62,64-66,68,70-79H2,1-5H3/p+1/b10-8-,11-9-,16-14-,17-15-,22-20-,23-21-,28-26-,29-27-,34-32-,35-33-,38-37-,41-40-,51-49-,57-55-,63-61-,69-67-. The molecular weight excluding hydrogens is 1160 g/mol. The SMILES string of the molecule is CC/C=C\C/C=C\C/C=C\C/C=C\C/C=C\C/C=C\C/C=C\C/C=C\C/C=C\CCCC(=O)OC(COC(=O)CCCCCCCCCCCCCCCCCCC/C=C\C/C=C\C/C=C\C/C=C\C/C=C\C/C=C\C/C=C\CC)COP(=O)(O)OCC[N+](C)(C)C. The molecule has 0 bridgehead atoms. The number of quaternary nitrogens is 1. The normalized spacial score (nSPS) is 14.3. The Bertz CT molecular complexity index is 2260. The Morgan fingerprint density at radius 2 is 0.598 bits per heavy atom. The van der Waals surface area contributed by atoms with Gasteiger partial charge in [0.25, 0.3) is 0 Å². The zero-order chi connectivity index (χ0) is 66.9. The third-order valence-corrected chi connectivity index (χ3v) is 15.6. The van der Waals surface area contributed by atoms with Crippen molar-refractivity contribution in [2.75, 3.05) is 47.5 Å². The molecule has 0 saturated carbocycles. The fourth-order valence-electron chi connectivity index (χ4n) is 9.17. The fourth-order valence-corrected chi connectivity index (χ4v) is 9.92. The second-order valence-electron chi connectivity index (χ2n) is 24.5. The summed E-state index contributed by atoms with van der Waals surface area (Å²) in [5, 5.41) is 0. The second kappa shape index (κ2) is 70.2. The van der Waals surface area contributed by atoms with E-state index in [-0.39, 0.29) is 32.0 Å². The van der Waals surface area contributed by atoms with E-state index in [2.05, 4.69) is 208 Å². The lowest BCUT2D eigenvalue weighted by Gasteiger charge is -2.24. The first-order valence-corrected chi connectivity index (χ1v) is 37.7. The summed E-state index contributed by atoms with van der Waals surface area (Å²) in [4.78, 5) is 35.9. The molecule has 0 heterocycles. The molecule has 518 valence electrons. The largest absolute Gasteiger partial charge is 0.472 e. The molecule has 10 heteroatoms. The number of carbonyl (C=O) groups excluding carboxylic acids is 2. The number of esters is 2. The first kappa shape index (κ1) is 86.9. The first-order chi connectivity index (χ1) is 45.0. The number of ether oxygens (including phenoxy) is 2. The Labute approximate surface area is 564 Å². The summed E-state index contributed by atoms with van der Waals surface area (Å²) in [6.07, 6.45) is 110. The van der Waals surface area contributed by atoms with Crippen molar-refractivity contribution in [3.8, 4) is 0 Å². The van der Waals surface area contributed by atoms with Crippen LogP contribution >= 0.6 is 7.82 Å². The molecule has 0 aromatic heterocycles. The average molecular weight is 1290 g/mol. The van der Waals surface area contributed by atoms with Gasteiger partial charge in [-0.05, 0) is 135 Å². The number of likely N-dealkylation sites (N-methyl/N-ethyl adjacent to an activating group) is 1. The lowest BCUT2D eigenvalue weighted by Crippen LogP contribution is -2.37. The van der Waals surface area contributed by atoms with Crippen LogP contribution in [0.25, 0.3) is 0 Å². The van der Waals surface area contributed by atoms with Gasteiger partial charge in [-0.1, -0.05) is 305 Å². The second-order valence-corrected chi connectivity index (χ2v) is 26.0. The quantitative estimate of drug-likeness (QED) is 0.0211. The summed E-state index contributed by atoms with van der Waals surface area (Å²) in [5.74, 6) is -0.876. The van der Waals surface area contributed by atoms with Gasteiger partial charge < -0.3 is 18.9 Å². The van der Waals surface area contributed by atoms with Gasteiger partial charge in [0.15, 0.2) is 6.10 Å². The highest BCUT2D eigenvalue weighted by molar-refractivity contribution is 7.47. The van der Waals surface area contributed by atoms with Crippen LogP contribution in [0.15, 0.2) is 194 Å². The molecule has 2 atom stereocenters. The van der Waals surface area contributed by atoms with Crippen molar-refractivity contribution in [2.24, 2.45) is 0 Å². The van der Waals surface area contributed by atoms with Crippen molar-refractivity contribution in [1.29, 1.82) is 0 Å². The Balaban J connectivity index is 4.13. The van der Waals surface area contributed by atoms with E-state index in [4.69, 9.17) is 18.5 Å². The molecule has 92 heavy (non-hydrogen) atoms. The van der Waals surface area contributed by atoms with E-state index in [9.17, 15) is 19.0 Å². The fraction of sp³-hybridized carbons (Fsp3) is 0.585. The Morgan fingerprint density at radius 3 is 0.902 bits per heavy atom. The summed E-state index contributed by atoms with van der Waals surface area (Å²) in [5.41, 5.74) is 0. The lowest BCUT2D eigenvalue weighted by molar-refractivity contribution is -0.870. The summed E-state index contributed by atoms with van der Waals surface area (Å²) >= 11 is 0. The number of hydrogen-bond donors (Lipinski definition) is 1. The molecule has 0 aliphatic heterocycles. The molecule has 1 N–H and O–H groups in total. The minimum atomic E-state index is -4.42. The maximum atomic E-state index is 12.9. The molecule has 0 aliphatic rings. The van der Waals surface area contributed by atoms with Gasteiger partial charge in [0.2, 0.25) is 0 Å². The van der Waals surface area contributed by atoms with Gasteiger partial charge in [0.05, 0.1) is 27.7 Å². The highest BCUT2D eigenvalue weighted by Crippen LogP contribution is 2.43. The van der Waals surface area contributed by atoms with Gasteiger partial charge in [0, 0.05) is 12.8 Å². The van der Waals surface area contributed by atoms with Crippen LogP contribution in [0.4, 0.5) is 0 Å². The van der Waals surface area contributed by atoms with Gasteiger partial charge >= 0.3 is 19.8 Å². The number of rotatable bonds is 64. The molecule has 0 radical (unpaired) electrons. The zero-order valence-electron chi connectivity index (χ0n) is 59.0. The van der Waals surface area contributed by atoms with Gasteiger partial charge in [-0.2, -0.15) is 0 Å². The monoisotopic (exact) mass is 1290 g/mol. The molecule has 9 nitrogen and oxygen atoms in total. The lowest BCUT2D eigenvalue weighted by atomic mass is 10.0. The molecule has 0 rings (SSSR count). The van der Waals surface area contributed by atoms with Crippen LogP contribution in [0.3, 0.4) is 0 Å². The van der Waals surface area contributed by atoms with E-state index in [1.54, 1.807) is 0 Å². The molecule has 0 saturated heterocycles. The first-order valence-electron chi connectivity index (χ1n) is 36.2. The molecule has 0 aliphatic carbocycles. The third-order valence-electron chi connectivity index (χ3n) is 14.6. The van der Waals surface area contributed by atoms with E-state index in [1.165, 1.54) is 96.3 Å². The molecule has 0 aromatic carbocycles. The Kier molecular flexibility index (Phi) is 66.2. The summed E-state index contributed by atoms with van der Waals surface area (Å²) in [6.45, 7) is 4.13. The van der Waals surface area contributed by atoms with E-state index in [1.807, 2.05) is 21.1 Å². The summed E-state index contributed by atoms with van der Waals surface area (Å²) in [6, 6.07) is 0. The van der Waals surface area contributed by atoms with Crippen LogP contribution in [-0.4, -0.2) is 74.9 Å². The molecule has 0 aromatic rings. The number of hydrogen-bond acceptors (Lipinski definition) is 7. The van der Waals surface area contributed by atoms with Crippen molar-refractivity contribution in [3.63, 3.8) is 0 Å². The number of unbranched alkanes of at least 4 members (excludes halogenated alkanes) is 18. The Morgan fingerprint density at radius 1 is 0.337 bits per heavy atom. The molecule has 0 amide bonds. The highest BCUT2D eigenvalue weighted by Gasteiger charge is 2.27. The predicted molar refractivity (Wildman–Crippen MR) is 399 cm³/mol. The third kappa shape index (κ3) is 73.9. The summed E-state index contributed by atoms with van der Waals surface area (Å²) < 4.78 is 34.6. The number of carbonyl (C=O) groups is 2. The number of phosphoric acid groups is 1. The minimum Gasteiger partial charge on any atom is -0.462 e. The number of allylic oxidation sites excluding steroid dienone is 32. The van der Waals surface area contributed by atoms with Crippen molar-refractivity contribution in [2.45, 2.75) is 264 Å². The average Bonchev–Trinajstić information content (AvgIpc) is 2.14. The van der Waals surface area contributed by atoms with Crippen molar-refractivity contribution in [1.82, 2.24) is 0 Å². The van der Waals surface area contributed by atoms with Crippen LogP contribution in [0.1, 0.15) is 258 Å². The predicted octanol–water partition coefficient (Wildman–Crippen LogP) is 24.0. The topological polar surface area (TPSA) is 108 Å². The van der Waals surface area contributed by atoms with Crippen LogP contribution in [0.2, 0.25) is 0 Å². The zero-order valence-corrected chi connectivity index (χ0v) is 59.8. The van der Waals surface area contributed by atoms with Gasteiger partial charge in [-0.25, -0.2) is 4.57 Å². The van der Waals surface area contributed by atoms with E-state index < -0.39 is 26.5 Å². The summed E-state index contributed by atoms with van der Waals surface area (Å²) in [7, 11) is 1.42. The number of phosphoric ester groups is 1. The minimum absolute atomic E-state index is 0.0114. The van der Waals surface area contributed by atoms with Crippen molar-refractivity contribution in [3.05, 3.63) is 194 Å². The molecular formula is C82H133NO8P+. The van der Waals surface area contributed by atoms with Gasteiger partial charge in [-0.3, -0.25) is 18.6 Å². The van der Waals surface area contributed by atoms with Crippen LogP contribution in [0.5, 0.6) is 0 Å². The van der Waals surface area contributed by atoms with E-state index in [0.717, 1.165) is 122 Å². The van der Waals surface area contributed by atoms with Crippen LogP contribution in [0, 0.1) is 0 Å². The maximum Gasteiger partial charge on any atom is 0.472 e. The maximum absolute atomic E-state index is 12.9. The van der Waals surface area contributed by atoms with Crippen molar-refractivity contribution >= 4 is 19.8 Å². The van der Waals surface area contributed by atoms with Gasteiger partial charge in [-0.15, -0.1) is 0 Å². The molecule has 0 fully saturated rings. The Hall–Kier alpha value is -5.15. The number of nitrogens with zero attached hydrogens (tertiary/aromatic N) is 1. The van der Waals surface area contributed by atoms with Gasteiger partial charge in [0.1, 0.15) is 19.8 Å². The van der Waals surface area contributed by atoms with E-state index in [0.29, 0.717) is 23.9 Å². The van der Waals surface area contributed by atoms with Crippen LogP contribution in [-0.2, 0) is 32.7 Å². The molecule has 0 spiro atoms. The highest BCUT2D eigenvalue weighted by atomic mass is 31.2. The van der Waals surface area contributed by atoms with Crippen molar-refractivity contribution < 1.29 is 42.1 Å². The smallest absolute Gasteiger partial charge is 0.462 e. The van der Waals surface area contributed by atoms with Crippen LogP contribution < -0.4 is 0 Å². The molecule has 2 unspecified atom stereocenters. The van der Waals surface area contributed by atoms with E-state index >= 15 is 0 Å².